The lowest BCUT2D eigenvalue weighted by Crippen LogP contribution is -2.33. The summed E-state index contributed by atoms with van der Waals surface area (Å²) in [5, 5.41) is 13.1. The first-order valence-corrected chi connectivity index (χ1v) is 15.1. The average molecular weight is 656 g/mol. The number of carbonyl (C=O) groups is 2. The SMILES string of the molecule is O=C(Nc1ccccc1C(=O)O)c1ccc(Oc2ccc(OC3CCC(NSc4ccc(Cl)c(Cl)c4)CC3)cc2)cc1.O=O. The van der Waals surface area contributed by atoms with E-state index in [0.29, 0.717) is 33.1 Å². The summed E-state index contributed by atoms with van der Waals surface area (Å²) in [7, 11) is 0. The Morgan fingerprint density at radius 1 is 0.773 bits per heavy atom. The van der Waals surface area contributed by atoms with Crippen molar-refractivity contribution in [2.75, 3.05) is 5.32 Å². The van der Waals surface area contributed by atoms with Crippen molar-refractivity contribution in [2.45, 2.75) is 42.7 Å². The normalized spacial score (nSPS) is 15.8. The summed E-state index contributed by atoms with van der Waals surface area (Å²) < 4.78 is 15.7. The number of anilines is 1. The summed E-state index contributed by atoms with van der Waals surface area (Å²) in [6.07, 6.45) is 4.10. The van der Waals surface area contributed by atoms with Crippen molar-refractivity contribution in [3.8, 4) is 17.2 Å². The van der Waals surface area contributed by atoms with E-state index < -0.39 is 11.9 Å². The number of benzene rings is 4. The zero-order chi connectivity index (χ0) is 31.5. The third kappa shape index (κ3) is 9.20. The number of nitrogens with one attached hydrogen (secondary N) is 2. The van der Waals surface area contributed by atoms with Crippen LogP contribution in [-0.4, -0.2) is 29.1 Å². The van der Waals surface area contributed by atoms with Crippen LogP contribution in [0.4, 0.5) is 5.69 Å². The maximum Gasteiger partial charge on any atom is 0.337 e. The van der Waals surface area contributed by atoms with Crippen LogP contribution < -0.4 is 19.5 Å². The molecule has 5 rings (SSSR count). The lowest BCUT2D eigenvalue weighted by Gasteiger charge is -2.29. The largest absolute Gasteiger partial charge is 0.490 e. The van der Waals surface area contributed by atoms with Gasteiger partial charge in [0.05, 0.1) is 27.4 Å². The minimum atomic E-state index is -1.11. The van der Waals surface area contributed by atoms with Gasteiger partial charge in [-0.3, -0.25) is 9.52 Å². The van der Waals surface area contributed by atoms with Gasteiger partial charge in [0, 0.05) is 26.4 Å². The highest BCUT2D eigenvalue weighted by Crippen LogP contribution is 2.31. The second-order valence-corrected chi connectivity index (χ2v) is 11.5. The molecule has 0 unspecified atom stereocenters. The highest BCUT2D eigenvalue weighted by molar-refractivity contribution is 7.97. The van der Waals surface area contributed by atoms with E-state index >= 15 is 0 Å². The molecule has 9 nitrogen and oxygen atoms in total. The van der Waals surface area contributed by atoms with Gasteiger partial charge in [-0.25, -0.2) is 4.79 Å². The Labute approximate surface area is 268 Å². The molecule has 1 aliphatic rings. The zero-order valence-corrected chi connectivity index (χ0v) is 25.5. The van der Waals surface area contributed by atoms with E-state index in [0.717, 1.165) is 36.3 Å². The number of amides is 1. The Kier molecular flexibility index (Phi) is 12.0. The average Bonchev–Trinajstić information content (AvgIpc) is 3.04. The highest BCUT2D eigenvalue weighted by atomic mass is 35.5. The molecule has 1 fully saturated rings. The van der Waals surface area contributed by atoms with Crippen LogP contribution in [0.2, 0.25) is 10.0 Å². The standard InChI is InChI=1S/C32H28Cl2N2O5S.O2/c33-28-18-17-26(19-29(28)34)42-36-21-7-11-23(12-8-21)41-25-15-13-24(14-16-25)40-22-9-5-20(6-10-22)31(37)35-30-4-2-1-3-27(30)32(38)39;1-2/h1-6,9-10,13-19,21,23,36H,7-8,11-12H2,(H,35,37)(H,38,39);. The molecule has 0 atom stereocenters. The summed E-state index contributed by atoms with van der Waals surface area (Å²) in [5.41, 5.74) is 0.642. The lowest BCUT2D eigenvalue weighted by atomic mass is 9.94. The Hall–Kier alpha value is -4.09. The van der Waals surface area contributed by atoms with Crippen LogP contribution in [0.1, 0.15) is 46.4 Å². The van der Waals surface area contributed by atoms with Crippen molar-refractivity contribution < 1.29 is 24.2 Å². The molecule has 228 valence electrons. The third-order valence-corrected chi connectivity index (χ3v) is 8.47. The van der Waals surface area contributed by atoms with Gasteiger partial charge in [0.15, 0.2) is 0 Å². The van der Waals surface area contributed by atoms with E-state index in [1.54, 1.807) is 60.5 Å². The van der Waals surface area contributed by atoms with Gasteiger partial charge in [-0.15, -0.1) is 0 Å². The molecular weight excluding hydrogens is 627 g/mol. The molecule has 1 amide bonds. The predicted octanol–water partition coefficient (Wildman–Crippen LogP) is 8.79. The number of halogens is 2. The lowest BCUT2D eigenvalue weighted by molar-refractivity contribution is 0.0698. The van der Waals surface area contributed by atoms with E-state index in [1.165, 1.54) is 6.07 Å². The number of rotatable bonds is 10. The Morgan fingerprint density at radius 3 is 2.02 bits per heavy atom. The fraction of sp³-hybridized carbons (Fsp3) is 0.188. The minimum Gasteiger partial charge on any atom is -0.490 e. The first kappa shape index (κ1) is 32.8. The molecule has 0 aromatic heterocycles. The zero-order valence-electron chi connectivity index (χ0n) is 23.2. The van der Waals surface area contributed by atoms with Crippen molar-refractivity contribution in [2.24, 2.45) is 0 Å². The summed E-state index contributed by atoms with van der Waals surface area (Å²) >= 11 is 13.7. The topological polar surface area (TPSA) is 131 Å². The Balaban J connectivity index is 0.00000216. The van der Waals surface area contributed by atoms with Gasteiger partial charge in [0.1, 0.15) is 17.2 Å². The van der Waals surface area contributed by atoms with Crippen molar-refractivity contribution in [1.82, 2.24) is 4.72 Å². The Morgan fingerprint density at radius 2 is 1.39 bits per heavy atom. The summed E-state index contributed by atoms with van der Waals surface area (Å²) in [4.78, 5) is 39.0. The molecule has 3 N–H and O–H groups in total. The van der Waals surface area contributed by atoms with Gasteiger partial charge < -0.3 is 19.9 Å². The highest BCUT2D eigenvalue weighted by Gasteiger charge is 2.22. The van der Waals surface area contributed by atoms with Crippen LogP contribution in [0.25, 0.3) is 0 Å². The van der Waals surface area contributed by atoms with Gasteiger partial charge in [0.25, 0.3) is 5.91 Å². The molecule has 4 aromatic rings. The molecule has 0 heterocycles. The van der Waals surface area contributed by atoms with Gasteiger partial charge in [-0.2, -0.15) is 0 Å². The van der Waals surface area contributed by atoms with Gasteiger partial charge in [-0.05, 0) is 116 Å². The van der Waals surface area contributed by atoms with Crippen molar-refractivity contribution in [3.63, 3.8) is 0 Å². The second kappa shape index (κ2) is 16.1. The molecule has 0 bridgehead atoms. The van der Waals surface area contributed by atoms with Crippen LogP contribution >= 0.6 is 35.1 Å². The molecular formula is C32H28Cl2N2O7S. The molecule has 0 radical (unpaired) electrons. The van der Waals surface area contributed by atoms with E-state index in [4.69, 9.17) is 42.6 Å². The Bertz CT molecular complexity index is 1560. The molecule has 0 spiro atoms. The van der Waals surface area contributed by atoms with Crippen LogP contribution in [-0.2, 0) is 0 Å². The van der Waals surface area contributed by atoms with E-state index in [2.05, 4.69) is 10.0 Å². The number of carbonyl (C=O) groups excluding carboxylic acids is 1. The summed E-state index contributed by atoms with van der Waals surface area (Å²) in [6.45, 7) is 0. The van der Waals surface area contributed by atoms with Crippen LogP contribution in [0, 0.1) is 9.93 Å². The number of carboxylic acid groups (broad SMARTS) is 1. The smallest absolute Gasteiger partial charge is 0.337 e. The third-order valence-electron chi connectivity index (χ3n) is 6.79. The first-order chi connectivity index (χ1) is 21.3. The van der Waals surface area contributed by atoms with E-state index in [9.17, 15) is 14.7 Å². The molecule has 1 saturated carbocycles. The fourth-order valence-corrected chi connectivity index (χ4v) is 5.77. The van der Waals surface area contributed by atoms with Crippen LogP contribution in [0.3, 0.4) is 0 Å². The second-order valence-electron chi connectivity index (χ2n) is 9.79. The molecule has 12 heteroatoms. The van der Waals surface area contributed by atoms with Crippen LogP contribution in [0.5, 0.6) is 17.2 Å². The van der Waals surface area contributed by atoms with Gasteiger partial charge >= 0.3 is 5.97 Å². The summed E-state index contributed by atoms with van der Waals surface area (Å²) in [6, 6.07) is 26.4. The fourth-order valence-electron chi connectivity index (χ4n) is 4.55. The number of ether oxygens (including phenoxy) is 2. The van der Waals surface area contributed by atoms with E-state index in [-0.39, 0.29) is 17.4 Å². The van der Waals surface area contributed by atoms with Crippen LogP contribution in [0.15, 0.2) is 95.9 Å². The molecule has 0 saturated heterocycles. The predicted molar refractivity (Wildman–Crippen MR) is 173 cm³/mol. The number of aromatic carboxylic acids is 1. The summed E-state index contributed by atoms with van der Waals surface area (Å²) in [5.74, 6) is 0.477. The maximum absolute atomic E-state index is 12.6. The molecule has 0 aliphatic heterocycles. The van der Waals surface area contributed by atoms with Gasteiger partial charge in [-0.1, -0.05) is 35.3 Å². The minimum absolute atomic E-state index is 0.0263. The molecule has 44 heavy (non-hydrogen) atoms. The molecule has 4 aromatic carbocycles. The van der Waals surface area contributed by atoms with Crippen molar-refractivity contribution >= 4 is 52.7 Å². The first-order valence-electron chi connectivity index (χ1n) is 13.6. The number of para-hydroxylation sites is 1. The quantitative estimate of drug-likeness (QED) is 0.144. The molecule has 1 aliphatic carbocycles. The van der Waals surface area contributed by atoms with Crippen molar-refractivity contribution in [1.29, 1.82) is 0 Å². The number of hydrogen-bond donors (Lipinski definition) is 3. The number of carboxylic acids is 1. The number of hydrogen-bond acceptors (Lipinski definition) is 8. The van der Waals surface area contributed by atoms with Gasteiger partial charge in [0.2, 0.25) is 0 Å². The van der Waals surface area contributed by atoms with Crippen molar-refractivity contribution in [3.05, 3.63) is 122 Å². The monoisotopic (exact) mass is 654 g/mol. The maximum atomic E-state index is 12.6. The van der Waals surface area contributed by atoms with E-state index in [1.807, 2.05) is 36.4 Å².